The summed E-state index contributed by atoms with van der Waals surface area (Å²) in [7, 11) is 0. The van der Waals surface area contributed by atoms with Crippen LogP contribution in [0.1, 0.15) is 41.6 Å². The fraction of sp³-hybridized carbons (Fsp3) is 0.533. The van der Waals surface area contributed by atoms with Gasteiger partial charge in [-0.2, -0.15) is 0 Å². The molecule has 4 nitrogen and oxygen atoms in total. The van der Waals surface area contributed by atoms with Crippen molar-refractivity contribution in [3.63, 3.8) is 0 Å². The number of aliphatic hydroxyl groups excluding tert-OH is 1. The summed E-state index contributed by atoms with van der Waals surface area (Å²) in [4.78, 5) is 10.9. The van der Waals surface area contributed by atoms with E-state index in [0.29, 0.717) is 12.1 Å². The van der Waals surface area contributed by atoms with E-state index in [4.69, 9.17) is 5.11 Å². The molecular formula is C15H20FNO3. The van der Waals surface area contributed by atoms with E-state index in [-0.39, 0.29) is 24.1 Å². The van der Waals surface area contributed by atoms with Gasteiger partial charge in [0.2, 0.25) is 0 Å². The average molecular weight is 281 g/mol. The summed E-state index contributed by atoms with van der Waals surface area (Å²) in [5.74, 6) is -1.27. The molecular weight excluding hydrogens is 261 g/mol. The van der Waals surface area contributed by atoms with Crippen molar-refractivity contribution in [2.24, 2.45) is 5.92 Å². The van der Waals surface area contributed by atoms with Gasteiger partial charge < -0.3 is 15.5 Å². The van der Waals surface area contributed by atoms with E-state index in [1.165, 1.54) is 18.2 Å². The Labute approximate surface area is 117 Å². The third-order valence-electron chi connectivity index (χ3n) is 3.88. The Bertz CT molecular complexity index is 478. The van der Waals surface area contributed by atoms with Crippen LogP contribution >= 0.6 is 0 Å². The Morgan fingerprint density at radius 3 is 2.80 bits per heavy atom. The summed E-state index contributed by atoms with van der Waals surface area (Å²) >= 11 is 0. The molecule has 0 amide bonds. The lowest BCUT2D eigenvalue weighted by molar-refractivity contribution is 0.0693. The van der Waals surface area contributed by atoms with E-state index in [0.717, 1.165) is 25.7 Å². The Hall–Kier alpha value is -1.46. The van der Waals surface area contributed by atoms with Gasteiger partial charge in [-0.25, -0.2) is 9.18 Å². The van der Waals surface area contributed by atoms with Gasteiger partial charge in [0, 0.05) is 18.7 Å². The minimum atomic E-state index is -1.06. The molecule has 110 valence electrons. The maximum Gasteiger partial charge on any atom is 0.335 e. The first-order valence-corrected chi connectivity index (χ1v) is 6.98. The van der Waals surface area contributed by atoms with Crippen LogP contribution in [-0.2, 0) is 6.54 Å². The summed E-state index contributed by atoms with van der Waals surface area (Å²) < 4.78 is 13.6. The minimum absolute atomic E-state index is 0.0842. The van der Waals surface area contributed by atoms with Crippen LogP contribution in [0.3, 0.4) is 0 Å². The lowest BCUT2D eigenvalue weighted by atomic mass is 9.86. The van der Waals surface area contributed by atoms with E-state index >= 15 is 0 Å². The Morgan fingerprint density at radius 1 is 1.35 bits per heavy atom. The van der Waals surface area contributed by atoms with Gasteiger partial charge in [0.15, 0.2) is 0 Å². The lowest BCUT2D eigenvalue weighted by Crippen LogP contribution is -2.33. The third-order valence-corrected chi connectivity index (χ3v) is 3.88. The lowest BCUT2D eigenvalue weighted by Gasteiger charge is -2.27. The highest BCUT2D eigenvalue weighted by molar-refractivity contribution is 5.87. The van der Waals surface area contributed by atoms with Gasteiger partial charge in [0.05, 0.1) is 11.7 Å². The number of hydrogen-bond acceptors (Lipinski definition) is 3. The van der Waals surface area contributed by atoms with Gasteiger partial charge in [0.1, 0.15) is 5.82 Å². The fourth-order valence-corrected chi connectivity index (χ4v) is 2.66. The zero-order chi connectivity index (χ0) is 14.5. The molecule has 2 rings (SSSR count). The molecule has 1 aliphatic rings. The second-order valence-electron chi connectivity index (χ2n) is 5.35. The molecule has 0 aliphatic heterocycles. The molecule has 2 atom stereocenters. The second kappa shape index (κ2) is 6.81. The predicted molar refractivity (Wildman–Crippen MR) is 73.0 cm³/mol. The van der Waals surface area contributed by atoms with Crippen molar-refractivity contribution in [1.29, 1.82) is 0 Å². The first-order chi connectivity index (χ1) is 9.58. The molecule has 1 aliphatic carbocycles. The molecule has 1 aromatic carbocycles. The van der Waals surface area contributed by atoms with Crippen LogP contribution in [-0.4, -0.2) is 28.8 Å². The van der Waals surface area contributed by atoms with Gasteiger partial charge in [0.25, 0.3) is 0 Å². The molecule has 1 saturated carbocycles. The van der Waals surface area contributed by atoms with E-state index in [1.807, 2.05) is 0 Å². The Kier molecular flexibility index (Phi) is 5.09. The normalized spacial score (nSPS) is 22.7. The second-order valence-corrected chi connectivity index (χ2v) is 5.35. The molecule has 0 saturated heterocycles. The van der Waals surface area contributed by atoms with Crippen molar-refractivity contribution < 1.29 is 19.4 Å². The van der Waals surface area contributed by atoms with E-state index in [9.17, 15) is 14.3 Å². The maximum atomic E-state index is 13.6. The molecule has 0 aromatic heterocycles. The Morgan fingerprint density at radius 2 is 2.10 bits per heavy atom. The summed E-state index contributed by atoms with van der Waals surface area (Å²) in [5.41, 5.74) is 0.427. The zero-order valence-corrected chi connectivity index (χ0v) is 11.3. The van der Waals surface area contributed by atoms with Crippen molar-refractivity contribution in [3.05, 3.63) is 35.1 Å². The molecule has 20 heavy (non-hydrogen) atoms. The smallest absolute Gasteiger partial charge is 0.335 e. The highest BCUT2D eigenvalue weighted by atomic mass is 19.1. The van der Waals surface area contributed by atoms with Crippen LogP contribution in [0.2, 0.25) is 0 Å². The van der Waals surface area contributed by atoms with Crippen molar-refractivity contribution >= 4 is 5.97 Å². The number of hydrogen-bond donors (Lipinski definition) is 3. The number of carboxylic acids is 1. The summed E-state index contributed by atoms with van der Waals surface area (Å²) in [6, 6.07) is 3.78. The molecule has 5 heteroatoms. The first kappa shape index (κ1) is 14.9. The number of carbonyl (C=O) groups is 1. The molecule has 0 heterocycles. The van der Waals surface area contributed by atoms with Crippen molar-refractivity contribution in [2.75, 3.05) is 6.54 Å². The fourth-order valence-electron chi connectivity index (χ4n) is 2.66. The van der Waals surface area contributed by atoms with E-state index < -0.39 is 11.8 Å². The average Bonchev–Trinajstić information content (AvgIpc) is 2.42. The Balaban J connectivity index is 1.90. The van der Waals surface area contributed by atoms with Crippen molar-refractivity contribution in [1.82, 2.24) is 5.32 Å². The van der Waals surface area contributed by atoms with E-state index in [1.54, 1.807) is 0 Å². The molecule has 2 unspecified atom stereocenters. The number of carboxylic acid groups (broad SMARTS) is 1. The SMILES string of the molecule is O=C(O)c1ccc(F)c(CNCC2CCCCC2O)c1. The van der Waals surface area contributed by atoms with Gasteiger partial charge in [-0.3, -0.25) is 0 Å². The highest BCUT2D eigenvalue weighted by Gasteiger charge is 2.22. The van der Waals surface area contributed by atoms with E-state index in [2.05, 4.69) is 5.32 Å². The zero-order valence-electron chi connectivity index (χ0n) is 11.3. The summed E-state index contributed by atoms with van der Waals surface area (Å²) in [6.07, 6.45) is 3.70. The highest BCUT2D eigenvalue weighted by Crippen LogP contribution is 2.23. The van der Waals surface area contributed by atoms with Crippen LogP contribution in [0.4, 0.5) is 4.39 Å². The van der Waals surface area contributed by atoms with Crippen molar-refractivity contribution in [2.45, 2.75) is 38.3 Å². The number of aliphatic hydroxyl groups is 1. The topological polar surface area (TPSA) is 69.6 Å². The van der Waals surface area contributed by atoms with Gasteiger partial charge >= 0.3 is 5.97 Å². The molecule has 3 N–H and O–H groups in total. The van der Waals surface area contributed by atoms with Gasteiger partial charge in [-0.05, 0) is 37.0 Å². The largest absolute Gasteiger partial charge is 0.478 e. The van der Waals surface area contributed by atoms with Crippen LogP contribution in [0.15, 0.2) is 18.2 Å². The molecule has 0 spiro atoms. The third kappa shape index (κ3) is 3.77. The number of rotatable bonds is 5. The number of benzene rings is 1. The monoisotopic (exact) mass is 281 g/mol. The van der Waals surface area contributed by atoms with Crippen LogP contribution < -0.4 is 5.32 Å². The molecule has 0 radical (unpaired) electrons. The van der Waals surface area contributed by atoms with Crippen LogP contribution in [0.5, 0.6) is 0 Å². The molecule has 0 bridgehead atoms. The molecule has 1 aromatic rings. The van der Waals surface area contributed by atoms with Gasteiger partial charge in [-0.1, -0.05) is 12.8 Å². The minimum Gasteiger partial charge on any atom is -0.478 e. The number of aromatic carboxylic acids is 1. The summed E-state index contributed by atoms with van der Waals surface area (Å²) in [6.45, 7) is 0.897. The standard InChI is InChI=1S/C15H20FNO3/c16-13-6-5-10(15(19)20)7-12(13)9-17-8-11-3-1-2-4-14(11)18/h5-7,11,14,17-18H,1-4,8-9H2,(H,19,20). The summed E-state index contributed by atoms with van der Waals surface area (Å²) in [5, 5.41) is 21.8. The predicted octanol–water partition coefficient (Wildman–Crippen LogP) is 2.16. The van der Waals surface area contributed by atoms with Crippen molar-refractivity contribution in [3.8, 4) is 0 Å². The number of halogens is 1. The quantitative estimate of drug-likeness (QED) is 0.773. The van der Waals surface area contributed by atoms with Gasteiger partial charge in [-0.15, -0.1) is 0 Å². The van der Waals surface area contributed by atoms with Crippen LogP contribution in [0, 0.1) is 11.7 Å². The maximum absolute atomic E-state index is 13.6. The number of nitrogens with one attached hydrogen (secondary N) is 1. The molecule has 1 fully saturated rings. The first-order valence-electron chi connectivity index (χ1n) is 6.98. The van der Waals surface area contributed by atoms with Crippen LogP contribution in [0.25, 0.3) is 0 Å².